The Morgan fingerprint density at radius 1 is 1.20 bits per heavy atom. The molecule has 4 unspecified atom stereocenters. The van der Waals surface area contributed by atoms with Gasteiger partial charge in [-0.25, -0.2) is 0 Å². The maximum absolute atomic E-state index is 12.2. The zero-order chi connectivity index (χ0) is 14.3. The largest absolute Gasteiger partial charge is 0.481 e. The first kappa shape index (κ1) is 13.9. The van der Waals surface area contributed by atoms with Crippen LogP contribution in [0.1, 0.15) is 39.0 Å². The fourth-order valence-electron chi connectivity index (χ4n) is 4.27. The van der Waals surface area contributed by atoms with E-state index in [9.17, 15) is 14.7 Å². The van der Waals surface area contributed by atoms with Gasteiger partial charge in [0.25, 0.3) is 0 Å². The molecule has 112 valence electrons. The Balaban J connectivity index is 1.57. The van der Waals surface area contributed by atoms with Crippen molar-refractivity contribution in [2.75, 3.05) is 13.1 Å². The summed E-state index contributed by atoms with van der Waals surface area (Å²) in [4.78, 5) is 25.6. The van der Waals surface area contributed by atoms with Crippen molar-refractivity contribution >= 4 is 11.9 Å². The summed E-state index contributed by atoms with van der Waals surface area (Å²) < 4.78 is 0. The van der Waals surface area contributed by atoms with Gasteiger partial charge < -0.3 is 15.3 Å². The second kappa shape index (κ2) is 5.35. The van der Waals surface area contributed by atoms with Gasteiger partial charge in [0.15, 0.2) is 0 Å². The summed E-state index contributed by atoms with van der Waals surface area (Å²) in [6.45, 7) is 3.06. The predicted octanol–water partition coefficient (Wildman–Crippen LogP) is 1.09. The van der Waals surface area contributed by atoms with E-state index in [4.69, 9.17) is 0 Å². The average molecular weight is 280 g/mol. The van der Waals surface area contributed by atoms with E-state index in [0.717, 1.165) is 38.6 Å². The first-order valence-electron chi connectivity index (χ1n) is 7.87. The van der Waals surface area contributed by atoms with Crippen LogP contribution in [0.3, 0.4) is 0 Å². The van der Waals surface area contributed by atoms with Gasteiger partial charge >= 0.3 is 5.97 Å². The highest BCUT2D eigenvalue weighted by Crippen LogP contribution is 2.48. The summed E-state index contributed by atoms with van der Waals surface area (Å²) in [5.74, 6) is -0.100. The number of hydrogen-bond donors (Lipinski definition) is 2. The lowest BCUT2D eigenvalue weighted by molar-refractivity contribution is -0.145. The second-order valence-corrected chi connectivity index (χ2v) is 6.51. The number of amides is 1. The highest BCUT2D eigenvalue weighted by Gasteiger charge is 2.51. The van der Waals surface area contributed by atoms with E-state index in [1.165, 1.54) is 0 Å². The van der Waals surface area contributed by atoms with Crippen LogP contribution in [-0.2, 0) is 9.59 Å². The number of carbonyl (C=O) groups is 2. The SMILES string of the molecule is CCN(C(=O)CNC1C2CCC(C2)C1C(=O)O)C1CC1. The van der Waals surface area contributed by atoms with Crippen molar-refractivity contribution in [3.63, 3.8) is 0 Å². The topological polar surface area (TPSA) is 69.6 Å². The van der Waals surface area contributed by atoms with Crippen molar-refractivity contribution < 1.29 is 14.7 Å². The Morgan fingerprint density at radius 2 is 1.90 bits per heavy atom. The molecule has 0 radical (unpaired) electrons. The number of fused-ring (bicyclic) bond motifs is 2. The number of carbonyl (C=O) groups excluding carboxylic acids is 1. The van der Waals surface area contributed by atoms with Gasteiger partial charge in [-0.2, -0.15) is 0 Å². The summed E-state index contributed by atoms with van der Waals surface area (Å²) in [5, 5.41) is 12.7. The average Bonchev–Trinajstić information content (AvgIpc) is 3.03. The molecule has 2 bridgehead atoms. The minimum Gasteiger partial charge on any atom is -0.481 e. The van der Waals surface area contributed by atoms with Crippen LogP contribution in [0.2, 0.25) is 0 Å². The molecule has 2 N–H and O–H groups in total. The number of nitrogens with one attached hydrogen (secondary N) is 1. The van der Waals surface area contributed by atoms with E-state index in [1.54, 1.807) is 0 Å². The van der Waals surface area contributed by atoms with Crippen molar-refractivity contribution in [1.29, 1.82) is 0 Å². The third-order valence-electron chi connectivity index (χ3n) is 5.34. The standard InChI is InChI=1S/C15H24N2O3/c1-2-17(11-5-6-11)12(18)8-16-14-10-4-3-9(7-10)13(14)15(19)20/h9-11,13-14,16H,2-8H2,1H3,(H,19,20). The van der Waals surface area contributed by atoms with Gasteiger partial charge in [0, 0.05) is 18.6 Å². The molecule has 3 rings (SSSR count). The normalized spacial score (nSPS) is 35.2. The smallest absolute Gasteiger partial charge is 0.308 e. The Hall–Kier alpha value is -1.10. The van der Waals surface area contributed by atoms with Gasteiger partial charge in [0.1, 0.15) is 0 Å². The molecular formula is C15H24N2O3. The van der Waals surface area contributed by atoms with E-state index in [1.807, 2.05) is 11.8 Å². The fourth-order valence-corrected chi connectivity index (χ4v) is 4.27. The number of carboxylic acids is 1. The van der Waals surface area contributed by atoms with E-state index in [0.29, 0.717) is 24.4 Å². The van der Waals surface area contributed by atoms with Crippen molar-refractivity contribution in [2.45, 2.75) is 51.1 Å². The van der Waals surface area contributed by atoms with E-state index in [2.05, 4.69) is 5.32 Å². The molecule has 3 aliphatic carbocycles. The van der Waals surface area contributed by atoms with Crippen LogP contribution in [-0.4, -0.2) is 47.1 Å². The van der Waals surface area contributed by atoms with Gasteiger partial charge in [-0.15, -0.1) is 0 Å². The molecule has 1 amide bonds. The molecule has 0 spiro atoms. The molecule has 4 atom stereocenters. The molecule has 0 aromatic heterocycles. The predicted molar refractivity (Wildman–Crippen MR) is 74.2 cm³/mol. The Labute approximate surface area is 119 Å². The maximum atomic E-state index is 12.2. The number of hydrogen-bond acceptors (Lipinski definition) is 3. The lowest BCUT2D eigenvalue weighted by atomic mass is 9.84. The quantitative estimate of drug-likeness (QED) is 0.764. The highest BCUT2D eigenvalue weighted by atomic mass is 16.4. The van der Waals surface area contributed by atoms with Crippen molar-refractivity contribution in [1.82, 2.24) is 10.2 Å². The molecule has 0 heterocycles. The summed E-state index contributed by atoms with van der Waals surface area (Å²) in [6, 6.07) is 0.428. The summed E-state index contributed by atoms with van der Waals surface area (Å²) >= 11 is 0. The Bertz CT molecular complexity index is 408. The number of nitrogens with zero attached hydrogens (tertiary/aromatic N) is 1. The van der Waals surface area contributed by atoms with Crippen LogP contribution in [0.25, 0.3) is 0 Å². The molecule has 0 aliphatic heterocycles. The third kappa shape index (κ3) is 2.43. The Morgan fingerprint density at radius 3 is 2.50 bits per heavy atom. The van der Waals surface area contributed by atoms with Crippen molar-refractivity contribution in [3.05, 3.63) is 0 Å². The molecular weight excluding hydrogens is 256 g/mol. The van der Waals surface area contributed by atoms with Crippen molar-refractivity contribution in [2.24, 2.45) is 17.8 Å². The van der Waals surface area contributed by atoms with Crippen LogP contribution in [0.15, 0.2) is 0 Å². The van der Waals surface area contributed by atoms with Gasteiger partial charge in [-0.1, -0.05) is 0 Å². The van der Waals surface area contributed by atoms with E-state index < -0.39 is 5.97 Å². The molecule has 5 nitrogen and oxygen atoms in total. The van der Waals surface area contributed by atoms with Crippen LogP contribution in [0.5, 0.6) is 0 Å². The zero-order valence-corrected chi connectivity index (χ0v) is 12.0. The second-order valence-electron chi connectivity index (χ2n) is 6.51. The van der Waals surface area contributed by atoms with E-state index in [-0.39, 0.29) is 17.9 Å². The van der Waals surface area contributed by atoms with Crippen LogP contribution >= 0.6 is 0 Å². The lowest BCUT2D eigenvalue weighted by Crippen LogP contribution is -2.48. The summed E-state index contributed by atoms with van der Waals surface area (Å²) in [7, 11) is 0. The van der Waals surface area contributed by atoms with Crippen LogP contribution < -0.4 is 5.32 Å². The number of aliphatic carboxylic acids is 1. The summed E-state index contributed by atoms with van der Waals surface area (Å²) in [5.41, 5.74) is 0. The molecule has 20 heavy (non-hydrogen) atoms. The van der Waals surface area contributed by atoms with Gasteiger partial charge in [0.05, 0.1) is 12.5 Å². The lowest BCUT2D eigenvalue weighted by Gasteiger charge is -2.30. The molecule has 0 saturated heterocycles. The maximum Gasteiger partial charge on any atom is 0.308 e. The number of rotatable bonds is 6. The minimum atomic E-state index is -0.698. The van der Waals surface area contributed by atoms with Gasteiger partial charge in [-0.3, -0.25) is 9.59 Å². The number of likely N-dealkylation sites (N-methyl/N-ethyl adjacent to an activating group) is 1. The Kier molecular flexibility index (Phi) is 3.71. The molecule has 0 aromatic carbocycles. The van der Waals surface area contributed by atoms with E-state index >= 15 is 0 Å². The zero-order valence-electron chi connectivity index (χ0n) is 12.0. The molecule has 3 fully saturated rings. The first-order chi connectivity index (χ1) is 9.61. The van der Waals surface area contributed by atoms with Crippen molar-refractivity contribution in [3.8, 4) is 0 Å². The summed E-state index contributed by atoms with van der Waals surface area (Å²) in [6.07, 6.45) is 5.40. The minimum absolute atomic E-state index is 0.00638. The highest BCUT2D eigenvalue weighted by molar-refractivity contribution is 5.79. The van der Waals surface area contributed by atoms with Crippen LogP contribution in [0, 0.1) is 17.8 Å². The fraction of sp³-hybridized carbons (Fsp3) is 0.867. The molecule has 5 heteroatoms. The molecule has 3 aliphatic rings. The van der Waals surface area contributed by atoms with Gasteiger partial charge in [-0.05, 0) is 50.9 Å². The van der Waals surface area contributed by atoms with Crippen LogP contribution in [0.4, 0.5) is 0 Å². The third-order valence-corrected chi connectivity index (χ3v) is 5.34. The monoisotopic (exact) mass is 280 g/mol. The van der Waals surface area contributed by atoms with Gasteiger partial charge in [0.2, 0.25) is 5.91 Å². The number of carboxylic acid groups (broad SMARTS) is 1. The molecule has 0 aromatic rings. The first-order valence-corrected chi connectivity index (χ1v) is 7.87. The molecule has 3 saturated carbocycles.